The van der Waals surface area contributed by atoms with Crippen LogP contribution in [0.2, 0.25) is 0 Å². The Hall–Kier alpha value is -2.62. The van der Waals surface area contributed by atoms with Gasteiger partial charge in [0.1, 0.15) is 0 Å². The van der Waals surface area contributed by atoms with Gasteiger partial charge in [0.15, 0.2) is 0 Å². The zero-order valence-corrected chi connectivity index (χ0v) is 14.0. The summed E-state index contributed by atoms with van der Waals surface area (Å²) in [6.07, 6.45) is -14.0. The number of para-hydroxylation sites is 1. The summed E-state index contributed by atoms with van der Waals surface area (Å²) in [6, 6.07) is 4.16. The average Bonchev–Trinajstić information content (AvgIpc) is 3.07. The Morgan fingerprint density at radius 2 is 1.00 bits per heavy atom. The zero-order valence-electron chi connectivity index (χ0n) is 14.0. The van der Waals surface area contributed by atoms with Crippen LogP contribution in [-0.2, 0) is 11.8 Å². The number of nitrogens with zero attached hydrogens (tertiary/aromatic N) is 3. The van der Waals surface area contributed by atoms with Crippen LogP contribution in [0, 0.1) is 0 Å². The molecule has 0 fully saturated rings. The van der Waals surface area contributed by atoms with E-state index in [9.17, 15) is 61.5 Å². The fraction of sp³-hybridized carbons (Fsp3) is 0.429. The number of hydrogen-bond acceptors (Lipinski definition) is 2. The Morgan fingerprint density at radius 3 is 1.42 bits per heavy atom. The third kappa shape index (κ3) is 3.66. The van der Waals surface area contributed by atoms with Crippen molar-refractivity contribution in [2.24, 2.45) is 0 Å². The third-order valence-electron chi connectivity index (χ3n) is 3.67. The summed E-state index contributed by atoms with van der Waals surface area (Å²) in [5.74, 6) is -33.1. The van der Waals surface area contributed by atoms with Gasteiger partial charge in [-0.25, -0.2) is 9.67 Å². The highest BCUT2D eigenvalue weighted by atomic mass is 19.4. The molecule has 0 amide bonds. The van der Waals surface area contributed by atoms with Crippen molar-refractivity contribution in [3.8, 4) is 5.69 Å². The largest absolute Gasteiger partial charge is 0.460 e. The van der Waals surface area contributed by atoms with Crippen LogP contribution < -0.4 is 0 Å². The summed E-state index contributed by atoms with van der Waals surface area (Å²) < 4.78 is 182. The van der Waals surface area contributed by atoms with Crippen LogP contribution in [-0.4, -0.2) is 39.0 Å². The molecule has 1 heterocycles. The Labute approximate surface area is 161 Å². The average molecular weight is 481 g/mol. The second-order valence-electron chi connectivity index (χ2n) is 5.80. The van der Waals surface area contributed by atoms with Crippen LogP contribution >= 0.6 is 0 Å². The van der Waals surface area contributed by atoms with Gasteiger partial charge in [-0.3, -0.25) is 0 Å². The normalized spacial score (nSPS) is 14.8. The van der Waals surface area contributed by atoms with Crippen LogP contribution in [0.4, 0.5) is 61.5 Å². The maximum Gasteiger partial charge on any atom is 0.460 e. The summed E-state index contributed by atoms with van der Waals surface area (Å²) in [4.78, 5) is 1.88. The van der Waals surface area contributed by atoms with E-state index in [4.69, 9.17) is 0 Å². The van der Waals surface area contributed by atoms with Gasteiger partial charge in [-0.2, -0.15) is 61.5 Å². The molecule has 3 nitrogen and oxygen atoms in total. The molecule has 2 aromatic rings. The molecule has 174 valence electrons. The molecule has 0 radical (unpaired) electrons. The predicted molar refractivity (Wildman–Crippen MR) is 71.2 cm³/mol. The lowest BCUT2D eigenvalue weighted by molar-refractivity contribution is -0.363. The van der Waals surface area contributed by atoms with Crippen LogP contribution in [0.15, 0.2) is 30.3 Å². The van der Waals surface area contributed by atoms with Crippen molar-refractivity contribution in [2.45, 2.75) is 36.0 Å². The number of halogens is 14. The lowest BCUT2D eigenvalue weighted by atomic mass is 10.1. The maximum absolute atomic E-state index is 14.1. The number of aromatic nitrogens is 3. The fourth-order valence-electron chi connectivity index (χ4n) is 2.03. The van der Waals surface area contributed by atoms with Crippen molar-refractivity contribution in [3.63, 3.8) is 0 Å². The smallest absolute Gasteiger partial charge is 0.211 e. The van der Waals surface area contributed by atoms with E-state index in [1.54, 1.807) is 0 Å². The molecular weight excluding hydrogens is 476 g/mol. The summed E-state index contributed by atoms with van der Waals surface area (Å²) in [5.41, 5.74) is -0.972. The molecule has 0 spiro atoms. The Balaban J connectivity index is 2.83. The van der Waals surface area contributed by atoms with Crippen molar-refractivity contribution in [1.29, 1.82) is 0 Å². The minimum Gasteiger partial charge on any atom is -0.211 e. The van der Waals surface area contributed by atoms with Crippen molar-refractivity contribution < 1.29 is 61.5 Å². The highest BCUT2D eigenvalue weighted by molar-refractivity contribution is 5.33. The molecule has 0 N–H and O–H groups in total. The Kier molecular flexibility index (Phi) is 5.52. The lowest BCUT2D eigenvalue weighted by Crippen LogP contribution is -2.51. The molecule has 1 aromatic carbocycles. The van der Waals surface area contributed by atoms with Gasteiger partial charge in [-0.15, -0.1) is 5.10 Å². The lowest BCUT2D eigenvalue weighted by Gasteiger charge is -2.27. The molecule has 0 aliphatic rings. The van der Waals surface area contributed by atoms with Gasteiger partial charge >= 0.3 is 36.0 Å². The van der Waals surface area contributed by atoms with Gasteiger partial charge < -0.3 is 0 Å². The summed E-state index contributed by atoms with van der Waals surface area (Å²) in [7, 11) is 0. The number of rotatable bonds is 5. The van der Waals surface area contributed by atoms with E-state index in [2.05, 4.69) is 5.10 Å². The van der Waals surface area contributed by atoms with E-state index in [0.717, 1.165) is 18.2 Å². The van der Waals surface area contributed by atoms with Crippen LogP contribution in [0.25, 0.3) is 5.69 Å². The number of hydrogen-bond donors (Lipinski definition) is 0. The highest BCUT2D eigenvalue weighted by Crippen LogP contribution is 2.54. The second kappa shape index (κ2) is 6.94. The van der Waals surface area contributed by atoms with Gasteiger partial charge in [0, 0.05) is 0 Å². The van der Waals surface area contributed by atoms with Crippen LogP contribution in [0.3, 0.4) is 0 Å². The van der Waals surface area contributed by atoms with Gasteiger partial charge in [-0.1, -0.05) is 18.2 Å². The van der Waals surface area contributed by atoms with Crippen LogP contribution in [0.5, 0.6) is 0 Å². The first-order chi connectivity index (χ1) is 13.7. The molecule has 0 atom stereocenters. The Bertz CT molecular complexity index is 926. The molecule has 0 aliphatic carbocycles. The molecule has 1 aromatic heterocycles. The highest BCUT2D eigenvalue weighted by Gasteiger charge is 2.78. The third-order valence-corrected chi connectivity index (χ3v) is 3.67. The van der Waals surface area contributed by atoms with E-state index >= 15 is 0 Å². The van der Waals surface area contributed by atoms with Gasteiger partial charge in [0.25, 0.3) is 0 Å². The van der Waals surface area contributed by atoms with Crippen molar-refractivity contribution in [1.82, 2.24) is 14.8 Å². The van der Waals surface area contributed by atoms with E-state index in [1.807, 2.05) is 4.98 Å². The van der Waals surface area contributed by atoms with E-state index in [1.165, 1.54) is 0 Å². The summed E-state index contributed by atoms with van der Waals surface area (Å²) in [6.45, 7) is 0. The first-order valence-electron chi connectivity index (χ1n) is 7.37. The molecule has 0 saturated heterocycles. The number of alkyl halides is 14. The second-order valence-corrected chi connectivity index (χ2v) is 5.80. The molecule has 0 saturated carbocycles. The summed E-state index contributed by atoms with van der Waals surface area (Å²) >= 11 is 0. The SMILES string of the molecule is FC(F)(F)C(F)(F)C(F)(F)c1nc(C(F)(F)C(F)(F)C(F)(F)F)n(-c2ccccc2)n1. The first-order valence-corrected chi connectivity index (χ1v) is 7.37. The van der Waals surface area contributed by atoms with Crippen molar-refractivity contribution >= 4 is 0 Å². The van der Waals surface area contributed by atoms with Gasteiger partial charge in [0.2, 0.25) is 11.6 Å². The molecule has 0 unspecified atom stereocenters. The van der Waals surface area contributed by atoms with Crippen molar-refractivity contribution in [3.05, 3.63) is 42.0 Å². The molecule has 17 heteroatoms. The van der Waals surface area contributed by atoms with Crippen molar-refractivity contribution in [2.75, 3.05) is 0 Å². The topological polar surface area (TPSA) is 30.7 Å². The fourth-order valence-corrected chi connectivity index (χ4v) is 2.03. The van der Waals surface area contributed by atoms with Gasteiger partial charge in [-0.05, 0) is 12.1 Å². The monoisotopic (exact) mass is 481 g/mol. The number of benzene rings is 1. The minimum absolute atomic E-state index is 0.615. The maximum atomic E-state index is 14.1. The minimum atomic E-state index is -7.00. The van der Waals surface area contributed by atoms with E-state index < -0.39 is 58.1 Å². The molecule has 2 rings (SSSR count). The Morgan fingerprint density at radius 1 is 0.581 bits per heavy atom. The first kappa shape index (κ1) is 24.6. The summed E-state index contributed by atoms with van der Waals surface area (Å²) in [5, 5.41) is 2.29. The zero-order chi connectivity index (χ0) is 24.3. The molecule has 0 aliphatic heterocycles. The quantitative estimate of drug-likeness (QED) is 0.503. The van der Waals surface area contributed by atoms with E-state index in [-0.39, 0.29) is 0 Å². The molecule has 31 heavy (non-hydrogen) atoms. The van der Waals surface area contributed by atoms with Crippen LogP contribution in [0.1, 0.15) is 11.6 Å². The van der Waals surface area contributed by atoms with Gasteiger partial charge in [0.05, 0.1) is 5.69 Å². The van der Waals surface area contributed by atoms with E-state index in [0.29, 0.717) is 12.1 Å². The molecule has 0 bridgehead atoms. The predicted octanol–water partition coefficient (Wildman–Crippen LogP) is 5.85. The molecular formula is C14H5F14N3. The standard InChI is InChI=1S/C14H5F14N3/c15-9(16,11(19,20)13(23,24)25)7-29-8(10(17,18)12(21,22)14(26,27)28)31(30-7)6-4-2-1-3-5-6/h1-5H.